The van der Waals surface area contributed by atoms with Gasteiger partial charge in [-0.1, -0.05) is 46.8 Å². The van der Waals surface area contributed by atoms with Crippen LogP contribution in [0.2, 0.25) is 0 Å². The Morgan fingerprint density at radius 1 is 1.14 bits per heavy atom. The minimum absolute atomic E-state index is 0. The molecule has 3 atom stereocenters. The maximum Gasteiger partial charge on any atom is 0.251 e. The van der Waals surface area contributed by atoms with Crippen molar-refractivity contribution in [1.82, 2.24) is 16.0 Å². The van der Waals surface area contributed by atoms with Crippen molar-refractivity contribution >= 4 is 24.2 Å². The molecular weight excluding hydrogens is 374 g/mol. The molecule has 1 saturated heterocycles. The maximum atomic E-state index is 12.8. The molecule has 1 heterocycles. The number of carbonyl (C=O) groups is 2. The van der Waals surface area contributed by atoms with E-state index in [2.05, 4.69) is 43.6 Å². The van der Waals surface area contributed by atoms with Crippen molar-refractivity contribution in [1.29, 1.82) is 0 Å². The van der Waals surface area contributed by atoms with Crippen LogP contribution in [-0.4, -0.2) is 36.5 Å². The van der Waals surface area contributed by atoms with Gasteiger partial charge in [-0.15, -0.1) is 12.4 Å². The Balaban J connectivity index is 0.00000392. The second-order valence-corrected chi connectivity index (χ2v) is 9.11. The molecule has 0 aromatic heterocycles. The second kappa shape index (κ2) is 10.3. The fraction of sp³-hybridized carbons (Fsp3) is 0.636. The molecule has 2 amide bonds. The van der Waals surface area contributed by atoms with Crippen LogP contribution in [0.4, 0.5) is 0 Å². The standard InChI is InChI=1S/C22H35N3O2.ClH/c1-14(2)19(21(27)24-18-11-12-23-15(3)13-18)25-20(26)16-7-9-17(10-8-16)22(4,5)6;/h7-10,14-15,18-19,23H,11-13H2,1-6H3,(H,24,27)(H,25,26);1H. The number of carbonyl (C=O) groups excluding carboxylic acids is 2. The molecule has 1 aliphatic rings. The molecule has 2 rings (SSSR count). The number of hydrogen-bond donors (Lipinski definition) is 3. The Morgan fingerprint density at radius 3 is 2.25 bits per heavy atom. The molecule has 1 aliphatic heterocycles. The number of hydrogen-bond acceptors (Lipinski definition) is 3. The van der Waals surface area contributed by atoms with Gasteiger partial charge in [0, 0.05) is 17.6 Å². The average molecular weight is 410 g/mol. The molecule has 3 N–H and O–H groups in total. The lowest BCUT2D eigenvalue weighted by molar-refractivity contribution is -0.124. The number of benzene rings is 1. The van der Waals surface area contributed by atoms with E-state index in [-0.39, 0.29) is 41.6 Å². The normalized spacial score (nSPS) is 20.8. The predicted molar refractivity (Wildman–Crippen MR) is 117 cm³/mol. The number of amides is 2. The molecular formula is C22H36ClN3O2. The van der Waals surface area contributed by atoms with E-state index in [4.69, 9.17) is 0 Å². The summed E-state index contributed by atoms with van der Waals surface area (Å²) >= 11 is 0. The van der Waals surface area contributed by atoms with Gasteiger partial charge < -0.3 is 16.0 Å². The smallest absolute Gasteiger partial charge is 0.251 e. The van der Waals surface area contributed by atoms with Gasteiger partial charge in [-0.2, -0.15) is 0 Å². The van der Waals surface area contributed by atoms with Crippen LogP contribution in [0, 0.1) is 5.92 Å². The van der Waals surface area contributed by atoms with Crippen LogP contribution in [-0.2, 0) is 10.2 Å². The van der Waals surface area contributed by atoms with Crippen LogP contribution in [0.3, 0.4) is 0 Å². The first-order valence-corrected chi connectivity index (χ1v) is 10.0. The Bertz CT molecular complexity index is 653. The van der Waals surface area contributed by atoms with E-state index < -0.39 is 6.04 Å². The van der Waals surface area contributed by atoms with Crippen LogP contribution in [0.15, 0.2) is 24.3 Å². The predicted octanol–water partition coefficient (Wildman–Crippen LogP) is 3.42. The van der Waals surface area contributed by atoms with Gasteiger partial charge in [-0.25, -0.2) is 0 Å². The summed E-state index contributed by atoms with van der Waals surface area (Å²) in [6.45, 7) is 13.4. The highest BCUT2D eigenvalue weighted by Crippen LogP contribution is 2.22. The Kier molecular flexibility index (Phi) is 8.96. The number of rotatable bonds is 5. The number of halogens is 1. The third-order valence-corrected chi connectivity index (χ3v) is 5.22. The van der Waals surface area contributed by atoms with Crippen LogP contribution in [0.1, 0.15) is 70.3 Å². The van der Waals surface area contributed by atoms with Crippen molar-refractivity contribution in [2.24, 2.45) is 5.92 Å². The third kappa shape index (κ3) is 6.78. The van der Waals surface area contributed by atoms with Crippen molar-refractivity contribution in [3.05, 3.63) is 35.4 Å². The summed E-state index contributed by atoms with van der Waals surface area (Å²) in [4.78, 5) is 25.4. The summed E-state index contributed by atoms with van der Waals surface area (Å²) in [6.07, 6.45) is 1.84. The monoisotopic (exact) mass is 409 g/mol. The zero-order valence-corrected chi connectivity index (χ0v) is 18.8. The Hall–Kier alpha value is -1.59. The van der Waals surface area contributed by atoms with E-state index >= 15 is 0 Å². The van der Waals surface area contributed by atoms with Gasteiger partial charge in [0.1, 0.15) is 6.04 Å². The summed E-state index contributed by atoms with van der Waals surface area (Å²) in [5.41, 5.74) is 1.80. The SMILES string of the molecule is CC1CC(NC(=O)C(NC(=O)c2ccc(C(C)(C)C)cc2)C(C)C)CCN1.Cl. The molecule has 6 heteroatoms. The highest BCUT2D eigenvalue weighted by molar-refractivity contribution is 5.97. The third-order valence-electron chi connectivity index (χ3n) is 5.22. The molecule has 3 unspecified atom stereocenters. The molecule has 0 spiro atoms. The maximum absolute atomic E-state index is 12.8. The Morgan fingerprint density at radius 2 is 1.75 bits per heavy atom. The van der Waals surface area contributed by atoms with E-state index in [9.17, 15) is 9.59 Å². The van der Waals surface area contributed by atoms with Crippen molar-refractivity contribution in [3.8, 4) is 0 Å². The van der Waals surface area contributed by atoms with Gasteiger partial charge in [0.05, 0.1) is 0 Å². The van der Waals surface area contributed by atoms with Crippen molar-refractivity contribution in [2.45, 2.75) is 77.9 Å². The first-order chi connectivity index (χ1) is 12.6. The summed E-state index contributed by atoms with van der Waals surface area (Å²) in [5.74, 6) is -0.284. The van der Waals surface area contributed by atoms with Crippen molar-refractivity contribution < 1.29 is 9.59 Å². The highest BCUT2D eigenvalue weighted by Gasteiger charge is 2.28. The van der Waals surface area contributed by atoms with Crippen LogP contribution in [0.25, 0.3) is 0 Å². The quantitative estimate of drug-likeness (QED) is 0.697. The molecule has 0 saturated carbocycles. The first kappa shape index (κ1) is 24.4. The molecule has 158 valence electrons. The number of piperidine rings is 1. The van der Waals surface area contributed by atoms with E-state index in [0.29, 0.717) is 11.6 Å². The largest absolute Gasteiger partial charge is 0.351 e. The van der Waals surface area contributed by atoms with Crippen molar-refractivity contribution in [2.75, 3.05) is 6.54 Å². The molecule has 1 fully saturated rings. The fourth-order valence-corrected chi connectivity index (χ4v) is 3.44. The molecule has 0 bridgehead atoms. The molecule has 0 aliphatic carbocycles. The van der Waals surface area contributed by atoms with E-state index in [1.165, 1.54) is 5.56 Å². The van der Waals surface area contributed by atoms with Gasteiger partial charge in [0.25, 0.3) is 5.91 Å². The summed E-state index contributed by atoms with van der Waals surface area (Å²) < 4.78 is 0. The second-order valence-electron chi connectivity index (χ2n) is 9.11. The van der Waals surface area contributed by atoms with Gasteiger partial charge in [-0.05, 0) is 55.3 Å². The number of nitrogens with one attached hydrogen (secondary N) is 3. The van der Waals surface area contributed by atoms with Crippen LogP contribution in [0.5, 0.6) is 0 Å². The molecule has 0 radical (unpaired) electrons. The van der Waals surface area contributed by atoms with Gasteiger partial charge in [-0.3, -0.25) is 9.59 Å². The van der Waals surface area contributed by atoms with Crippen LogP contribution >= 0.6 is 12.4 Å². The van der Waals surface area contributed by atoms with E-state index in [1.807, 2.05) is 38.1 Å². The van der Waals surface area contributed by atoms with Crippen LogP contribution < -0.4 is 16.0 Å². The summed E-state index contributed by atoms with van der Waals surface area (Å²) in [6, 6.07) is 7.66. The fourth-order valence-electron chi connectivity index (χ4n) is 3.44. The van der Waals surface area contributed by atoms with Gasteiger partial charge in [0.15, 0.2) is 0 Å². The van der Waals surface area contributed by atoms with E-state index in [1.54, 1.807) is 0 Å². The lowest BCUT2D eigenvalue weighted by Gasteiger charge is -2.31. The van der Waals surface area contributed by atoms with E-state index in [0.717, 1.165) is 19.4 Å². The van der Waals surface area contributed by atoms with Gasteiger partial charge >= 0.3 is 0 Å². The zero-order chi connectivity index (χ0) is 20.2. The lowest BCUT2D eigenvalue weighted by Crippen LogP contribution is -2.54. The summed E-state index contributed by atoms with van der Waals surface area (Å²) in [5, 5.41) is 9.43. The van der Waals surface area contributed by atoms with Gasteiger partial charge in [0.2, 0.25) is 5.91 Å². The Labute approximate surface area is 175 Å². The summed E-state index contributed by atoms with van der Waals surface area (Å²) in [7, 11) is 0. The average Bonchev–Trinajstić information content (AvgIpc) is 2.58. The topological polar surface area (TPSA) is 70.2 Å². The zero-order valence-electron chi connectivity index (χ0n) is 18.0. The first-order valence-electron chi connectivity index (χ1n) is 10.0. The van der Waals surface area contributed by atoms with Crippen molar-refractivity contribution in [3.63, 3.8) is 0 Å². The lowest BCUT2D eigenvalue weighted by atomic mass is 9.86. The molecule has 1 aromatic rings. The molecule has 28 heavy (non-hydrogen) atoms. The highest BCUT2D eigenvalue weighted by atomic mass is 35.5. The molecule has 1 aromatic carbocycles. The molecule has 5 nitrogen and oxygen atoms in total. The minimum Gasteiger partial charge on any atom is -0.351 e. The minimum atomic E-state index is -0.537.